The molecule has 1 aliphatic rings. The lowest BCUT2D eigenvalue weighted by Gasteiger charge is -2.28. The largest absolute Gasteiger partial charge is 0.389 e. The highest BCUT2D eigenvalue weighted by molar-refractivity contribution is 5.76. The Morgan fingerprint density at radius 2 is 2.12 bits per heavy atom. The van der Waals surface area contributed by atoms with E-state index in [0.29, 0.717) is 17.0 Å². The summed E-state index contributed by atoms with van der Waals surface area (Å²) in [6.07, 6.45) is -4.31. The Morgan fingerprint density at radius 1 is 1.32 bits per heavy atom. The highest BCUT2D eigenvalue weighted by Crippen LogP contribution is 2.23. The Morgan fingerprint density at radius 3 is 2.80 bits per heavy atom. The van der Waals surface area contributed by atoms with Crippen LogP contribution in [0, 0.1) is 0 Å². The number of carbonyl (C=O) groups is 1. The summed E-state index contributed by atoms with van der Waals surface area (Å²) < 4.78 is 36.8. The van der Waals surface area contributed by atoms with Crippen LogP contribution in [0.1, 0.15) is 24.1 Å². The fraction of sp³-hybridized carbons (Fsp3) is 0.375. The van der Waals surface area contributed by atoms with E-state index >= 15 is 0 Å². The van der Waals surface area contributed by atoms with E-state index in [9.17, 15) is 22.8 Å². The first-order valence-corrected chi connectivity index (χ1v) is 7.71. The maximum absolute atomic E-state index is 12.3. The summed E-state index contributed by atoms with van der Waals surface area (Å²) in [7, 11) is 0. The molecule has 0 fully saturated rings. The van der Waals surface area contributed by atoms with Gasteiger partial charge < -0.3 is 9.88 Å². The van der Waals surface area contributed by atoms with Gasteiger partial charge in [0.1, 0.15) is 5.69 Å². The van der Waals surface area contributed by atoms with E-state index in [1.54, 1.807) is 24.4 Å². The van der Waals surface area contributed by atoms with Gasteiger partial charge >= 0.3 is 6.18 Å². The molecule has 1 aliphatic heterocycles. The predicted molar refractivity (Wildman–Crippen MR) is 82.5 cm³/mol. The van der Waals surface area contributed by atoms with Crippen molar-refractivity contribution in [1.29, 1.82) is 0 Å². The lowest BCUT2D eigenvalue weighted by Crippen LogP contribution is -2.39. The molecule has 6 nitrogen and oxygen atoms in total. The summed E-state index contributed by atoms with van der Waals surface area (Å²) in [6, 6.07) is 5.15. The molecule has 3 rings (SSSR count). The molecule has 0 saturated carbocycles. The zero-order valence-electron chi connectivity index (χ0n) is 13.1. The van der Waals surface area contributed by atoms with Gasteiger partial charge in [0.15, 0.2) is 5.82 Å². The molecule has 25 heavy (non-hydrogen) atoms. The fourth-order valence-corrected chi connectivity index (χ4v) is 2.68. The number of rotatable bonds is 3. The van der Waals surface area contributed by atoms with Gasteiger partial charge in [-0.25, -0.2) is 4.98 Å². The Kier molecular flexibility index (Phi) is 4.56. The molecule has 0 spiro atoms. The summed E-state index contributed by atoms with van der Waals surface area (Å²) in [5.74, 6) is -0.321. The number of H-pyrrole nitrogens is 1. The third-order valence-corrected chi connectivity index (χ3v) is 3.96. The minimum absolute atomic E-state index is 0.0236. The third kappa shape index (κ3) is 4.04. The predicted octanol–water partition coefficient (Wildman–Crippen LogP) is 2.06. The van der Waals surface area contributed by atoms with Gasteiger partial charge in [0.25, 0.3) is 5.56 Å². The third-order valence-electron chi connectivity index (χ3n) is 3.96. The number of alkyl halides is 3. The smallest absolute Gasteiger partial charge is 0.336 e. The molecule has 3 heterocycles. The Bertz CT molecular complexity index is 834. The lowest BCUT2D eigenvalue weighted by atomic mass is 10.1. The van der Waals surface area contributed by atoms with E-state index < -0.39 is 24.9 Å². The number of fused-ring (bicyclic) bond motifs is 1. The second kappa shape index (κ2) is 6.66. The van der Waals surface area contributed by atoms with Crippen molar-refractivity contribution in [2.24, 2.45) is 0 Å². The Labute approximate surface area is 140 Å². The van der Waals surface area contributed by atoms with Crippen molar-refractivity contribution < 1.29 is 18.0 Å². The number of aromatic nitrogens is 3. The number of carbonyl (C=O) groups excluding carboxylic acids is 1. The van der Waals surface area contributed by atoms with Crippen LogP contribution in [-0.2, 0) is 17.8 Å². The van der Waals surface area contributed by atoms with Crippen LogP contribution in [0.15, 0.2) is 29.2 Å². The normalized spacial score (nSPS) is 14.3. The topological polar surface area (TPSA) is 79.0 Å². The number of aromatic amines is 1. The maximum Gasteiger partial charge on any atom is 0.389 e. The van der Waals surface area contributed by atoms with Crippen LogP contribution in [0.25, 0.3) is 11.5 Å². The molecule has 0 unspecified atom stereocenters. The minimum Gasteiger partial charge on any atom is -0.336 e. The van der Waals surface area contributed by atoms with E-state index in [-0.39, 0.29) is 30.9 Å². The van der Waals surface area contributed by atoms with Gasteiger partial charge in [-0.05, 0) is 18.6 Å². The SMILES string of the molecule is O=C(CCC(F)(F)F)N1CCc2c(nc(-c3ccccn3)[nH]c2=O)C1. The van der Waals surface area contributed by atoms with Crippen LogP contribution in [0.4, 0.5) is 13.2 Å². The molecule has 2 aromatic rings. The monoisotopic (exact) mass is 352 g/mol. The average Bonchev–Trinajstić information content (AvgIpc) is 2.59. The van der Waals surface area contributed by atoms with E-state index in [1.165, 1.54) is 4.90 Å². The summed E-state index contributed by atoms with van der Waals surface area (Å²) in [4.78, 5) is 36.6. The number of hydrogen-bond donors (Lipinski definition) is 1. The first kappa shape index (κ1) is 17.1. The van der Waals surface area contributed by atoms with Gasteiger partial charge in [0.05, 0.1) is 18.7 Å². The van der Waals surface area contributed by atoms with Gasteiger partial charge in [-0.1, -0.05) is 6.07 Å². The van der Waals surface area contributed by atoms with Crippen molar-refractivity contribution in [2.45, 2.75) is 32.0 Å². The molecule has 132 valence electrons. The first-order chi connectivity index (χ1) is 11.8. The van der Waals surface area contributed by atoms with E-state index in [4.69, 9.17) is 0 Å². The number of hydrogen-bond acceptors (Lipinski definition) is 4. The number of nitrogens with zero attached hydrogens (tertiary/aromatic N) is 3. The molecule has 0 aliphatic carbocycles. The summed E-state index contributed by atoms with van der Waals surface area (Å²) >= 11 is 0. The van der Waals surface area contributed by atoms with Gasteiger partial charge in [0.2, 0.25) is 5.91 Å². The van der Waals surface area contributed by atoms with Gasteiger partial charge in [-0.2, -0.15) is 13.2 Å². The number of nitrogens with one attached hydrogen (secondary N) is 1. The van der Waals surface area contributed by atoms with Crippen LogP contribution in [0.2, 0.25) is 0 Å². The number of pyridine rings is 1. The highest BCUT2D eigenvalue weighted by atomic mass is 19.4. The lowest BCUT2D eigenvalue weighted by molar-refractivity contribution is -0.149. The maximum atomic E-state index is 12.3. The van der Waals surface area contributed by atoms with Crippen LogP contribution < -0.4 is 5.56 Å². The molecule has 0 saturated heterocycles. The molecule has 1 amide bonds. The Balaban J connectivity index is 1.81. The zero-order chi connectivity index (χ0) is 18.0. The zero-order valence-corrected chi connectivity index (χ0v) is 13.1. The van der Waals surface area contributed by atoms with Crippen LogP contribution in [0.5, 0.6) is 0 Å². The van der Waals surface area contributed by atoms with E-state index in [0.717, 1.165) is 0 Å². The van der Waals surface area contributed by atoms with Crippen molar-refractivity contribution in [3.05, 3.63) is 46.0 Å². The summed E-state index contributed by atoms with van der Waals surface area (Å²) in [5.41, 5.74) is 1.02. The average molecular weight is 352 g/mol. The second-order valence-electron chi connectivity index (χ2n) is 5.74. The van der Waals surface area contributed by atoms with Crippen LogP contribution in [0.3, 0.4) is 0 Å². The quantitative estimate of drug-likeness (QED) is 0.917. The van der Waals surface area contributed by atoms with Gasteiger partial charge in [-0.15, -0.1) is 0 Å². The van der Waals surface area contributed by atoms with E-state index in [1.807, 2.05) is 0 Å². The molecule has 0 bridgehead atoms. The minimum atomic E-state index is -4.37. The molecular formula is C16H15F3N4O2. The fourth-order valence-electron chi connectivity index (χ4n) is 2.68. The molecule has 9 heteroatoms. The van der Waals surface area contributed by atoms with Crippen LogP contribution >= 0.6 is 0 Å². The molecule has 2 aromatic heterocycles. The molecular weight excluding hydrogens is 337 g/mol. The van der Waals surface area contributed by atoms with Crippen molar-refractivity contribution in [3.63, 3.8) is 0 Å². The summed E-state index contributed by atoms with van der Waals surface area (Å²) in [6.45, 7) is 0.229. The summed E-state index contributed by atoms with van der Waals surface area (Å²) in [5, 5.41) is 0. The number of amides is 1. The van der Waals surface area contributed by atoms with Crippen molar-refractivity contribution in [1.82, 2.24) is 19.9 Å². The highest BCUT2D eigenvalue weighted by Gasteiger charge is 2.31. The van der Waals surface area contributed by atoms with Crippen molar-refractivity contribution >= 4 is 5.91 Å². The van der Waals surface area contributed by atoms with Gasteiger partial charge in [-0.3, -0.25) is 14.6 Å². The van der Waals surface area contributed by atoms with Crippen molar-refractivity contribution in [2.75, 3.05) is 6.54 Å². The molecule has 0 aromatic carbocycles. The molecule has 0 atom stereocenters. The number of halogens is 3. The van der Waals surface area contributed by atoms with E-state index in [2.05, 4.69) is 15.0 Å². The Hall–Kier alpha value is -2.71. The first-order valence-electron chi connectivity index (χ1n) is 7.71. The van der Waals surface area contributed by atoms with Crippen molar-refractivity contribution in [3.8, 4) is 11.5 Å². The second-order valence-corrected chi connectivity index (χ2v) is 5.74. The van der Waals surface area contributed by atoms with Crippen LogP contribution in [-0.4, -0.2) is 38.5 Å². The standard InChI is InChI=1S/C16H15F3N4O2/c17-16(18,19)6-4-13(24)23-8-5-10-12(9-23)21-14(22-15(10)25)11-3-1-2-7-20-11/h1-3,7H,4-6,8-9H2,(H,21,22,25). The molecule has 1 N–H and O–H groups in total. The van der Waals surface area contributed by atoms with Gasteiger partial charge in [0, 0.05) is 24.7 Å². The molecule has 0 radical (unpaired) electrons.